The van der Waals surface area contributed by atoms with Crippen LogP contribution in [0.15, 0.2) is 148 Å². The lowest BCUT2D eigenvalue weighted by molar-refractivity contribution is 0.668. The first-order chi connectivity index (χ1) is 21.8. The molecule has 0 spiro atoms. The molecule has 206 valence electrons. The number of benzene rings is 6. The standard InChI is InChI=1S/C39H23N3O2/c1-3-11-24(12-4-1)27-22-31(36-29-16-8-10-18-33(29)44-35(36)23-27)39-41-37(25-13-5-2-6-14-25)40-38(42-39)26-19-20-34-30(21-26)28-15-7-9-17-32(28)43-34/h1-23H. The first-order valence-electron chi connectivity index (χ1n) is 14.5. The fraction of sp³-hybridized carbons (Fsp3) is 0. The molecule has 0 bridgehead atoms. The topological polar surface area (TPSA) is 65.0 Å². The predicted molar refractivity (Wildman–Crippen MR) is 176 cm³/mol. The van der Waals surface area contributed by atoms with Crippen LogP contribution >= 0.6 is 0 Å². The van der Waals surface area contributed by atoms with Gasteiger partial charge in [-0.05, 0) is 53.6 Å². The van der Waals surface area contributed by atoms with Gasteiger partial charge in [-0.1, -0.05) is 97.1 Å². The van der Waals surface area contributed by atoms with E-state index in [1.807, 2.05) is 97.1 Å². The molecular formula is C39H23N3O2. The Balaban J connectivity index is 1.34. The van der Waals surface area contributed by atoms with E-state index in [0.29, 0.717) is 17.5 Å². The van der Waals surface area contributed by atoms with Crippen molar-refractivity contribution in [1.82, 2.24) is 15.0 Å². The summed E-state index contributed by atoms with van der Waals surface area (Å²) in [6.07, 6.45) is 0. The maximum atomic E-state index is 6.41. The second-order valence-electron chi connectivity index (χ2n) is 10.8. The molecule has 0 radical (unpaired) electrons. The lowest BCUT2D eigenvalue weighted by atomic mass is 9.98. The van der Waals surface area contributed by atoms with Crippen molar-refractivity contribution in [2.75, 3.05) is 0 Å². The van der Waals surface area contributed by atoms with Gasteiger partial charge in [-0.2, -0.15) is 0 Å². The second-order valence-corrected chi connectivity index (χ2v) is 10.8. The molecule has 5 nitrogen and oxygen atoms in total. The van der Waals surface area contributed by atoms with Crippen molar-refractivity contribution < 1.29 is 8.83 Å². The lowest BCUT2D eigenvalue weighted by Crippen LogP contribution is -2.00. The molecule has 0 fully saturated rings. The van der Waals surface area contributed by atoms with E-state index in [1.165, 1.54) is 0 Å². The number of hydrogen-bond acceptors (Lipinski definition) is 5. The second kappa shape index (κ2) is 9.75. The minimum absolute atomic E-state index is 0.584. The number of nitrogens with zero attached hydrogens (tertiary/aromatic N) is 3. The van der Waals surface area contributed by atoms with Crippen LogP contribution in [0.5, 0.6) is 0 Å². The minimum atomic E-state index is 0.584. The number of fused-ring (bicyclic) bond motifs is 6. The average Bonchev–Trinajstić information content (AvgIpc) is 3.66. The Kier molecular flexibility index (Phi) is 5.43. The van der Waals surface area contributed by atoms with Crippen molar-refractivity contribution in [3.8, 4) is 45.3 Å². The Labute approximate surface area is 252 Å². The molecule has 44 heavy (non-hydrogen) atoms. The molecule has 0 aliphatic heterocycles. The number of furan rings is 2. The molecule has 0 amide bonds. The van der Waals surface area contributed by atoms with E-state index in [-0.39, 0.29) is 0 Å². The van der Waals surface area contributed by atoms with E-state index in [0.717, 1.165) is 71.7 Å². The fourth-order valence-electron chi connectivity index (χ4n) is 6.04. The van der Waals surface area contributed by atoms with Crippen LogP contribution in [-0.4, -0.2) is 15.0 Å². The summed E-state index contributed by atoms with van der Waals surface area (Å²) in [5, 5.41) is 4.08. The molecule has 9 rings (SSSR count). The zero-order valence-electron chi connectivity index (χ0n) is 23.4. The molecule has 0 saturated heterocycles. The summed E-state index contributed by atoms with van der Waals surface area (Å²) < 4.78 is 12.5. The highest BCUT2D eigenvalue weighted by Crippen LogP contribution is 2.40. The largest absolute Gasteiger partial charge is 0.456 e. The van der Waals surface area contributed by atoms with E-state index in [1.54, 1.807) is 0 Å². The van der Waals surface area contributed by atoms with Gasteiger partial charge in [-0.15, -0.1) is 0 Å². The van der Waals surface area contributed by atoms with Gasteiger partial charge in [0, 0.05) is 38.2 Å². The van der Waals surface area contributed by atoms with Crippen molar-refractivity contribution in [1.29, 1.82) is 0 Å². The molecule has 0 aliphatic rings. The zero-order valence-corrected chi connectivity index (χ0v) is 23.4. The van der Waals surface area contributed by atoms with Gasteiger partial charge in [0.2, 0.25) is 0 Å². The van der Waals surface area contributed by atoms with E-state index >= 15 is 0 Å². The van der Waals surface area contributed by atoms with Gasteiger partial charge in [0.1, 0.15) is 22.3 Å². The SMILES string of the molecule is c1ccc(-c2cc(-c3nc(-c4ccccc4)nc(-c4ccc5oc6ccccc6c5c4)n3)c3c(c2)oc2ccccc23)cc1. The lowest BCUT2D eigenvalue weighted by Gasteiger charge is -2.11. The maximum Gasteiger partial charge on any atom is 0.164 e. The van der Waals surface area contributed by atoms with Crippen molar-refractivity contribution in [3.63, 3.8) is 0 Å². The summed E-state index contributed by atoms with van der Waals surface area (Å²) >= 11 is 0. The molecule has 0 saturated carbocycles. The Morgan fingerprint density at radius 1 is 0.341 bits per heavy atom. The quantitative estimate of drug-likeness (QED) is 0.212. The summed E-state index contributed by atoms with van der Waals surface area (Å²) in [5.74, 6) is 1.78. The highest BCUT2D eigenvalue weighted by molar-refractivity contribution is 6.13. The van der Waals surface area contributed by atoms with Crippen LogP contribution in [0.4, 0.5) is 0 Å². The van der Waals surface area contributed by atoms with Crippen LogP contribution in [0.25, 0.3) is 89.2 Å². The smallest absolute Gasteiger partial charge is 0.164 e. The predicted octanol–water partition coefficient (Wildman–Crippen LogP) is 10.3. The number of rotatable bonds is 4. The van der Waals surface area contributed by atoms with Crippen LogP contribution in [0.2, 0.25) is 0 Å². The molecule has 0 N–H and O–H groups in total. The summed E-state index contributed by atoms with van der Waals surface area (Å²) in [6, 6.07) is 46.9. The van der Waals surface area contributed by atoms with Crippen molar-refractivity contribution >= 4 is 43.9 Å². The third kappa shape index (κ3) is 3.98. The molecule has 3 aromatic heterocycles. The molecule has 9 aromatic rings. The van der Waals surface area contributed by atoms with Crippen LogP contribution in [-0.2, 0) is 0 Å². The van der Waals surface area contributed by atoms with Crippen LogP contribution in [0.3, 0.4) is 0 Å². The fourth-order valence-corrected chi connectivity index (χ4v) is 6.04. The van der Waals surface area contributed by atoms with Gasteiger partial charge in [0.05, 0.1) is 0 Å². The van der Waals surface area contributed by atoms with E-state index < -0.39 is 0 Å². The Morgan fingerprint density at radius 3 is 1.68 bits per heavy atom. The van der Waals surface area contributed by atoms with E-state index in [9.17, 15) is 0 Å². The molecule has 0 unspecified atom stereocenters. The Morgan fingerprint density at radius 2 is 0.909 bits per heavy atom. The van der Waals surface area contributed by atoms with Gasteiger partial charge >= 0.3 is 0 Å². The third-order valence-corrected chi connectivity index (χ3v) is 8.13. The summed E-state index contributed by atoms with van der Waals surface area (Å²) in [5.41, 5.74) is 8.11. The first kappa shape index (κ1) is 24.5. The zero-order chi connectivity index (χ0) is 29.0. The molecular weight excluding hydrogens is 542 g/mol. The van der Waals surface area contributed by atoms with Crippen molar-refractivity contribution in [2.45, 2.75) is 0 Å². The highest BCUT2D eigenvalue weighted by Gasteiger charge is 2.20. The maximum absolute atomic E-state index is 6.41. The number of hydrogen-bond donors (Lipinski definition) is 0. The number of para-hydroxylation sites is 2. The Hall–Kier alpha value is -6.07. The molecule has 0 atom stereocenters. The van der Waals surface area contributed by atoms with Crippen molar-refractivity contribution in [3.05, 3.63) is 140 Å². The molecule has 5 heteroatoms. The van der Waals surface area contributed by atoms with Crippen LogP contribution in [0.1, 0.15) is 0 Å². The number of aromatic nitrogens is 3. The molecule has 6 aromatic carbocycles. The molecule has 3 heterocycles. The average molecular weight is 566 g/mol. The van der Waals surface area contributed by atoms with E-state index in [4.69, 9.17) is 23.8 Å². The third-order valence-electron chi connectivity index (χ3n) is 8.13. The van der Waals surface area contributed by atoms with Gasteiger partial charge in [-0.25, -0.2) is 15.0 Å². The Bertz CT molecular complexity index is 2500. The van der Waals surface area contributed by atoms with Crippen LogP contribution < -0.4 is 0 Å². The monoisotopic (exact) mass is 565 g/mol. The van der Waals surface area contributed by atoms with Gasteiger partial charge < -0.3 is 8.83 Å². The normalized spacial score (nSPS) is 11.6. The van der Waals surface area contributed by atoms with Gasteiger partial charge in [-0.3, -0.25) is 0 Å². The summed E-state index contributed by atoms with van der Waals surface area (Å²) in [4.78, 5) is 15.2. The molecule has 0 aliphatic carbocycles. The van der Waals surface area contributed by atoms with E-state index in [2.05, 4.69) is 42.5 Å². The first-order valence-corrected chi connectivity index (χ1v) is 14.5. The highest BCUT2D eigenvalue weighted by atomic mass is 16.3. The summed E-state index contributed by atoms with van der Waals surface area (Å²) in [6.45, 7) is 0. The van der Waals surface area contributed by atoms with Gasteiger partial charge in [0.15, 0.2) is 17.5 Å². The summed E-state index contributed by atoms with van der Waals surface area (Å²) in [7, 11) is 0. The van der Waals surface area contributed by atoms with Gasteiger partial charge in [0.25, 0.3) is 0 Å². The van der Waals surface area contributed by atoms with Crippen LogP contribution in [0, 0.1) is 0 Å². The van der Waals surface area contributed by atoms with Crippen molar-refractivity contribution in [2.24, 2.45) is 0 Å². The minimum Gasteiger partial charge on any atom is -0.456 e.